The van der Waals surface area contributed by atoms with Gasteiger partial charge in [0.1, 0.15) is 0 Å². The number of aliphatic imine (C=N–C) groups is 1. The number of fused-ring (bicyclic) bond motifs is 1. The normalized spacial score (nSPS) is 16.3. The standard InChI is InChI=1S/C22H20N4O/c1-26(15-16-11-13-23-14-12-16)21-22(27)24-19-10-6-5-9-18(19)20(25-21)17-7-3-2-4-8-17/h2-14,21H,15H2,1H3,(H,24,27). The zero-order valence-corrected chi connectivity index (χ0v) is 15.0. The van der Waals surface area contributed by atoms with E-state index in [0.29, 0.717) is 6.54 Å². The van der Waals surface area contributed by atoms with E-state index >= 15 is 0 Å². The van der Waals surface area contributed by atoms with Crippen molar-refractivity contribution in [3.63, 3.8) is 0 Å². The number of nitrogens with zero attached hydrogens (tertiary/aromatic N) is 3. The number of amides is 1. The molecule has 3 aromatic rings. The molecule has 4 rings (SSSR count). The van der Waals surface area contributed by atoms with Crippen LogP contribution in [-0.4, -0.2) is 34.7 Å². The molecule has 0 spiro atoms. The van der Waals surface area contributed by atoms with Crippen LogP contribution >= 0.6 is 0 Å². The minimum Gasteiger partial charge on any atom is -0.322 e. The molecule has 1 aliphatic heterocycles. The first-order chi connectivity index (χ1) is 13.2. The zero-order valence-electron chi connectivity index (χ0n) is 15.0. The van der Waals surface area contributed by atoms with Crippen LogP contribution in [0, 0.1) is 0 Å². The maximum absolute atomic E-state index is 12.9. The van der Waals surface area contributed by atoms with Gasteiger partial charge in [0.25, 0.3) is 5.91 Å². The fourth-order valence-electron chi connectivity index (χ4n) is 3.23. The molecule has 0 saturated carbocycles. The molecule has 0 bridgehead atoms. The van der Waals surface area contributed by atoms with Crippen molar-refractivity contribution >= 4 is 17.3 Å². The highest BCUT2D eigenvalue weighted by atomic mass is 16.2. The summed E-state index contributed by atoms with van der Waals surface area (Å²) in [5.41, 5.74) is 4.60. The Labute approximate surface area is 158 Å². The number of benzene rings is 2. The molecule has 1 unspecified atom stereocenters. The molecule has 0 fully saturated rings. The number of carbonyl (C=O) groups excluding carboxylic acids is 1. The molecule has 1 atom stereocenters. The lowest BCUT2D eigenvalue weighted by molar-refractivity contribution is -0.120. The second-order valence-corrected chi connectivity index (χ2v) is 6.52. The van der Waals surface area contributed by atoms with E-state index in [2.05, 4.69) is 10.3 Å². The number of hydrogen-bond acceptors (Lipinski definition) is 4. The second-order valence-electron chi connectivity index (χ2n) is 6.52. The van der Waals surface area contributed by atoms with Crippen molar-refractivity contribution < 1.29 is 4.79 Å². The van der Waals surface area contributed by atoms with Gasteiger partial charge in [-0.1, -0.05) is 48.5 Å². The van der Waals surface area contributed by atoms with Crippen LogP contribution in [0.2, 0.25) is 0 Å². The Hall–Kier alpha value is -3.31. The highest BCUT2D eigenvalue weighted by molar-refractivity contribution is 6.19. The van der Waals surface area contributed by atoms with Crippen molar-refractivity contribution in [3.05, 3.63) is 95.8 Å². The SMILES string of the molecule is CN(Cc1ccncc1)C1N=C(c2ccccc2)c2ccccc2NC1=O. The predicted octanol–water partition coefficient (Wildman–Crippen LogP) is 3.33. The Balaban J connectivity index is 1.75. The van der Waals surface area contributed by atoms with E-state index in [1.807, 2.05) is 78.7 Å². The zero-order chi connectivity index (χ0) is 18.6. The van der Waals surface area contributed by atoms with E-state index in [1.165, 1.54) is 0 Å². The Morgan fingerprint density at radius 2 is 1.67 bits per heavy atom. The van der Waals surface area contributed by atoms with Crippen LogP contribution < -0.4 is 5.32 Å². The summed E-state index contributed by atoms with van der Waals surface area (Å²) in [6.07, 6.45) is 2.89. The van der Waals surface area contributed by atoms with Gasteiger partial charge in [-0.3, -0.25) is 19.7 Å². The number of para-hydroxylation sites is 1. The Bertz CT molecular complexity index is 970. The van der Waals surface area contributed by atoms with Crippen molar-refractivity contribution in [3.8, 4) is 0 Å². The van der Waals surface area contributed by atoms with Crippen LogP contribution in [0.1, 0.15) is 16.7 Å². The topological polar surface area (TPSA) is 57.6 Å². The van der Waals surface area contributed by atoms with Crippen molar-refractivity contribution in [1.82, 2.24) is 9.88 Å². The largest absolute Gasteiger partial charge is 0.322 e. The highest BCUT2D eigenvalue weighted by Crippen LogP contribution is 2.25. The third kappa shape index (κ3) is 3.64. The first-order valence-corrected chi connectivity index (χ1v) is 8.85. The summed E-state index contributed by atoms with van der Waals surface area (Å²) < 4.78 is 0. The summed E-state index contributed by atoms with van der Waals surface area (Å²) in [6, 6.07) is 21.7. The predicted molar refractivity (Wildman–Crippen MR) is 107 cm³/mol. The molecule has 0 saturated heterocycles. The number of rotatable bonds is 4. The van der Waals surface area contributed by atoms with E-state index in [4.69, 9.17) is 4.99 Å². The van der Waals surface area contributed by atoms with Crippen molar-refractivity contribution in [2.75, 3.05) is 12.4 Å². The van der Waals surface area contributed by atoms with Crippen molar-refractivity contribution in [1.29, 1.82) is 0 Å². The van der Waals surface area contributed by atoms with Crippen LogP contribution in [0.15, 0.2) is 84.1 Å². The number of nitrogens with one attached hydrogen (secondary N) is 1. The summed E-state index contributed by atoms with van der Waals surface area (Å²) in [5, 5.41) is 3.03. The first kappa shape index (κ1) is 17.1. The lowest BCUT2D eigenvalue weighted by atomic mass is 10.0. The number of hydrogen-bond donors (Lipinski definition) is 1. The fourth-order valence-corrected chi connectivity index (χ4v) is 3.23. The fraction of sp³-hybridized carbons (Fsp3) is 0.136. The molecule has 134 valence electrons. The van der Waals surface area contributed by atoms with E-state index < -0.39 is 6.17 Å². The van der Waals surface area contributed by atoms with Gasteiger partial charge in [0.15, 0.2) is 6.17 Å². The Morgan fingerprint density at radius 1 is 0.963 bits per heavy atom. The van der Waals surface area contributed by atoms with Gasteiger partial charge in [0.05, 0.1) is 11.4 Å². The average molecular weight is 356 g/mol. The van der Waals surface area contributed by atoms with E-state index in [9.17, 15) is 4.79 Å². The van der Waals surface area contributed by atoms with Crippen LogP contribution in [0.4, 0.5) is 5.69 Å². The minimum absolute atomic E-state index is 0.134. The van der Waals surface area contributed by atoms with Gasteiger partial charge in [0, 0.05) is 30.1 Å². The van der Waals surface area contributed by atoms with Crippen LogP contribution in [0.25, 0.3) is 0 Å². The maximum Gasteiger partial charge on any atom is 0.264 e. The van der Waals surface area contributed by atoms with E-state index in [-0.39, 0.29) is 5.91 Å². The number of likely N-dealkylation sites (N-methyl/N-ethyl adjacent to an activating group) is 1. The molecule has 0 aliphatic carbocycles. The molecule has 2 heterocycles. The number of aromatic nitrogens is 1. The molecular formula is C22H20N4O. The summed E-state index contributed by atoms with van der Waals surface area (Å²) >= 11 is 0. The first-order valence-electron chi connectivity index (χ1n) is 8.85. The minimum atomic E-state index is -0.624. The summed E-state index contributed by atoms with van der Waals surface area (Å²) in [6.45, 7) is 0.600. The molecule has 1 amide bonds. The Morgan fingerprint density at radius 3 is 2.44 bits per heavy atom. The summed E-state index contributed by atoms with van der Waals surface area (Å²) in [4.78, 5) is 23.8. The lowest BCUT2D eigenvalue weighted by Crippen LogP contribution is -2.39. The van der Waals surface area contributed by atoms with Crippen LogP contribution in [0.3, 0.4) is 0 Å². The lowest BCUT2D eigenvalue weighted by Gasteiger charge is -2.23. The molecule has 5 heteroatoms. The third-order valence-electron chi connectivity index (χ3n) is 4.57. The molecule has 27 heavy (non-hydrogen) atoms. The van der Waals surface area contributed by atoms with Gasteiger partial charge in [-0.2, -0.15) is 0 Å². The van der Waals surface area contributed by atoms with E-state index in [0.717, 1.165) is 28.1 Å². The molecule has 1 aliphatic rings. The van der Waals surface area contributed by atoms with Crippen molar-refractivity contribution in [2.24, 2.45) is 4.99 Å². The van der Waals surface area contributed by atoms with Gasteiger partial charge < -0.3 is 5.32 Å². The van der Waals surface area contributed by atoms with Gasteiger partial charge >= 0.3 is 0 Å². The average Bonchev–Trinajstić information content (AvgIpc) is 2.85. The molecule has 2 aromatic carbocycles. The van der Waals surface area contributed by atoms with E-state index in [1.54, 1.807) is 12.4 Å². The second kappa shape index (κ2) is 7.51. The summed E-state index contributed by atoms with van der Waals surface area (Å²) in [7, 11) is 1.91. The Kier molecular flexibility index (Phi) is 4.77. The van der Waals surface area contributed by atoms with Gasteiger partial charge in [-0.25, -0.2) is 0 Å². The number of anilines is 1. The highest BCUT2D eigenvalue weighted by Gasteiger charge is 2.28. The molecule has 1 aromatic heterocycles. The molecular weight excluding hydrogens is 336 g/mol. The number of benzodiazepines with no additional fused rings is 1. The van der Waals surface area contributed by atoms with Crippen LogP contribution in [0.5, 0.6) is 0 Å². The van der Waals surface area contributed by atoms with Crippen LogP contribution in [-0.2, 0) is 11.3 Å². The number of pyridine rings is 1. The number of carbonyl (C=O) groups is 1. The smallest absolute Gasteiger partial charge is 0.264 e. The van der Waals surface area contributed by atoms with Gasteiger partial charge in [0.2, 0.25) is 0 Å². The van der Waals surface area contributed by atoms with Crippen molar-refractivity contribution in [2.45, 2.75) is 12.7 Å². The van der Waals surface area contributed by atoms with Gasteiger partial charge in [-0.05, 0) is 30.8 Å². The quantitative estimate of drug-likeness (QED) is 0.780. The molecule has 0 radical (unpaired) electrons. The molecule has 5 nitrogen and oxygen atoms in total. The molecule has 1 N–H and O–H groups in total. The monoisotopic (exact) mass is 356 g/mol. The maximum atomic E-state index is 12.9. The van der Waals surface area contributed by atoms with Gasteiger partial charge in [-0.15, -0.1) is 0 Å². The third-order valence-corrected chi connectivity index (χ3v) is 4.57. The summed E-state index contributed by atoms with van der Waals surface area (Å²) in [5.74, 6) is -0.134.